The first-order valence-corrected chi connectivity index (χ1v) is 5.47. The number of amides is 1. The Morgan fingerprint density at radius 3 is 3.00 bits per heavy atom. The minimum absolute atomic E-state index is 0.0327. The van der Waals surface area contributed by atoms with Gasteiger partial charge >= 0.3 is 0 Å². The van der Waals surface area contributed by atoms with Crippen LogP contribution in [0.15, 0.2) is 0 Å². The maximum absolute atomic E-state index is 11.5. The lowest BCUT2D eigenvalue weighted by atomic mass is 9.86. The molecule has 2 unspecified atom stereocenters. The Morgan fingerprint density at radius 2 is 2.31 bits per heavy atom. The Bertz CT molecular complexity index is 340. The van der Waals surface area contributed by atoms with E-state index >= 15 is 0 Å². The second-order valence-electron chi connectivity index (χ2n) is 4.06. The summed E-state index contributed by atoms with van der Waals surface area (Å²) >= 11 is 0. The number of H-pyrrole nitrogens is 1. The molecular weight excluding hydrogens is 210 g/mol. The number of aromatic nitrogens is 4. The topological polar surface area (TPSA) is 104 Å². The molecule has 1 saturated carbocycles. The summed E-state index contributed by atoms with van der Waals surface area (Å²) in [7, 11) is 0. The number of hydrogen-bond donors (Lipinski definition) is 3. The van der Waals surface area contributed by atoms with Gasteiger partial charge in [0.2, 0.25) is 0 Å². The molecule has 7 heteroatoms. The molecule has 1 aliphatic rings. The molecule has 1 amide bonds. The molecule has 88 valence electrons. The summed E-state index contributed by atoms with van der Waals surface area (Å²) in [5.41, 5.74) is 0. The molecule has 0 spiro atoms. The van der Waals surface area contributed by atoms with Crippen molar-refractivity contribution in [3.05, 3.63) is 5.82 Å². The van der Waals surface area contributed by atoms with E-state index in [1.807, 2.05) is 0 Å². The molecule has 2 rings (SSSR count). The maximum atomic E-state index is 11.5. The van der Waals surface area contributed by atoms with Crippen LogP contribution >= 0.6 is 0 Å². The second-order valence-corrected chi connectivity index (χ2v) is 4.06. The Balaban J connectivity index is 1.80. The number of nitrogens with zero attached hydrogens (tertiary/aromatic N) is 3. The number of aliphatic hydroxyl groups excluding tert-OH is 1. The first-order chi connectivity index (χ1) is 7.77. The zero-order valence-electron chi connectivity index (χ0n) is 8.89. The molecule has 1 aromatic rings. The van der Waals surface area contributed by atoms with Crippen LogP contribution in [0.2, 0.25) is 0 Å². The van der Waals surface area contributed by atoms with Crippen LogP contribution in [0.4, 0.5) is 0 Å². The summed E-state index contributed by atoms with van der Waals surface area (Å²) in [4.78, 5) is 11.5. The van der Waals surface area contributed by atoms with Gasteiger partial charge < -0.3 is 10.4 Å². The van der Waals surface area contributed by atoms with Gasteiger partial charge in [-0.1, -0.05) is 12.8 Å². The van der Waals surface area contributed by atoms with Crippen LogP contribution < -0.4 is 5.32 Å². The van der Waals surface area contributed by atoms with Gasteiger partial charge in [0.05, 0.1) is 6.10 Å². The largest absolute Gasteiger partial charge is 0.393 e. The number of hydrogen-bond acceptors (Lipinski definition) is 5. The molecule has 1 heterocycles. The molecule has 0 aliphatic heterocycles. The van der Waals surface area contributed by atoms with E-state index in [4.69, 9.17) is 0 Å². The van der Waals surface area contributed by atoms with E-state index in [1.54, 1.807) is 0 Å². The van der Waals surface area contributed by atoms with Gasteiger partial charge in [-0.05, 0) is 18.1 Å². The van der Waals surface area contributed by atoms with Crippen molar-refractivity contribution < 1.29 is 9.90 Å². The number of rotatable bonds is 3. The molecular formula is C9H15N5O2. The fourth-order valence-electron chi connectivity index (χ4n) is 1.99. The summed E-state index contributed by atoms with van der Waals surface area (Å²) in [5, 5.41) is 25.1. The second kappa shape index (κ2) is 5.02. The third-order valence-corrected chi connectivity index (χ3v) is 2.94. The van der Waals surface area contributed by atoms with Crippen molar-refractivity contribution in [1.82, 2.24) is 25.9 Å². The SMILES string of the molecule is O=C(NCC1CCCCC1O)c1nn[nH]n1. The quantitative estimate of drug-likeness (QED) is 0.642. The van der Waals surface area contributed by atoms with Crippen LogP contribution in [0.3, 0.4) is 0 Å². The number of tetrazole rings is 1. The fraction of sp³-hybridized carbons (Fsp3) is 0.778. The van der Waals surface area contributed by atoms with Gasteiger partial charge in [0, 0.05) is 12.5 Å². The molecule has 2 atom stereocenters. The van der Waals surface area contributed by atoms with E-state index in [0.717, 1.165) is 25.7 Å². The number of carbonyl (C=O) groups excluding carboxylic acids is 1. The van der Waals surface area contributed by atoms with Gasteiger partial charge in [0.15, 0.2) is 0 Å². The minimum Gasteiger partial charge on any atom is -0.393 e. The fourth-order valence-corrected chi connectivity index (χ4v) is 1.99. The molecule has 1 aromatic heterocycles. The molecule has 0 radical (unpaired) electrons. The average molecular weight is 225 g/mol. The summed E-state index contributed by atoms with van der Waals surface area (Å²) in [6.45, 7) is 0.467. The van der Waals surface area contributed by atoms with E-state index in [9.17, 15) is 9.90 Å². The van der Waals surface area contributed by atoms with Crippen LogP contribution in [0, 0.1) is 5.92 Å². The van der Waals surface area contributed by atoms with E-state index in [0.29, 0.717) is 6.54 Å². The van der Waals surface area contributed by atoms with Gasteiger partial charge in [-0.15, -0.1) is 10.2 Å². The van der Waals surface area contributed by atoms with Crippen molar-refractivity contribution in [2.75, 3.05) is 6.54 Å². The van der Waals surface area contributed by atoms with Gasteiger partial charge in [-0.3, -0.25) is 4.79 Å². The molecule has 0 saturated heterocycles. The molecule has 0 aromatic carbocycles. The number of aliphatic hydroxyl groups is 1. The Hall–Kier alpha value is -1.50. The van der Waals surface area contributed by atoms with Crippen molar-refractivity contribution >= 4 is 5.91 Å². The molecule has 7 nitrogen and oxygen atoms in total. The van der Waals surface area contributed by atoms with Crippen molar-refractivity contribution in [3.8, 4) is 0 Å². The molecule has 0 bridgehead atoms. The van der Waals surface area contributed by atoms with Gasteiger partial charge in [0.25, 0.3) is 11.7 Å². The maximum Gasteiger partial charge on any atom is 0.292 e. The summed E-state index contributed by atoms with van der Waals surface area (Å²) in [6, 6.07) is 0. The van der Waals surface area contributed by atoms with E-state index < -0.39 is 0 Å². The van der Waals surface area contributed by atoms with E-state index in [-0.39, 0.29) is 23.8 Å². The number of nitrogens with one attached hydrogen (secondary N) is 2. The third kappa shape index (κ3) is 2.54. The van der Waals surface area contributed by atoms with Gasteiger partial charge in [0.1, 0.15) is 0 Å². The Morgan fingerprint density at radius 1 is 1.50 bits per heavy atom. The lowest BCUT2D eigenvalue weighted by Crippen LogP contribution is -2.37. The Kier molecular flexibility index (Phi) is 3.45. The van der Waals surface area contributed by atoms with Crippen LogP contribution in [0.5, 0.6) is 0 Å². The minimum atomic E-state index is -0.355. The van der Waals surface area contributed by atoms with Crippen LogP contribution in [-0.4, -0.2) is 44.3 Å². The zero-order valence-corrected chi connectivity index (χ0v) is 8.89. The summed E-state index contributed by atoms with van der Waals surface area (Å²) in [6.07, 6.45) is 3.64. The highest BCUT2D eigenvalue weighted by Gasteiger charge is 2.23. The smallest absolute Gasteiger partial charge is 0.292 e. The van der Waals surface area contributed by atoms with E-state index in [1.165, 1.54) is 0 Å². The number of aromatic amines is 1. The Labute approximate surface area is 92.6 Å². The number of carbonyl (C=O) groups is 1. The molecule has 16 heavy (non-hydrogen) atoms. The van der Waals surface area contributed by atoms with Crippen molar-refractivity contribution in [3.63, 3.8) is 0 Å². The standard InChI is InChI=1S/C9H15N5O2/c15-7-4-2-1-3-6(7)5-10-9(16)8-11-13-14-12-8/h6-7,15H,1-5H2,(H,10,16)(H,11,12,13,14). The molecule has 1 aliphatic carbocycles. The van der Waals surface area contributed by atoms with Crippen LogP contribution in [-0.2, 0) is 0 Å². The first kappa shape index (κ1) is 11.0. The monoisotopic (exact) mass is 225 g/mol. The van der Waals surface area contributed by atoms with Gasteiger partial charge in [-0.2, -0.15) is 5.21 Å². The highest BCUT2D eigenvalue weighted by Crippen LogP contribution is 2.23. The lowest BCUT2D eigenvalue weighted by molar-refractivity contribution is 0.0660. The van der Waals surface area contributed by atoms with Crippen molar-refractivity contribution in [1.29, 1.82) is 0 Å². The molecule has 3 N–H and O–H groups in total. The highest BCUT2D eigenvalue weighted by atomic mass is 16.3. The highest BCUT2D eigenvalue weighted by molar-refractivity contribution is 5.89. The summed E-state index contributed by atoms with van der Waals surface area (Å²) in [5.74, 6) is -0.179. The first-order valence-electron chi connectivity index (χ1n) is 5.47. The van der Waals surface area contributed by atoms with Crippen LogP contribution in [0.1, 0.15) is 36.3 Å². The summed E-state index contributed by atoms with van der Waals surface area (Å²) < 4.78 is 0. The predicted octanol–water partition coefficient (Wildman–Crippen LogP) is -0.519. The average Bonchev–Trinajstić information content (AvgIpc) is 2.81. The normalized spacial score (nSPS) is 25.3. The van der Waals surface area contributed by atoms with Gasteiger partial charge in [-0.25, -0.2) is 0 Å². The third-order valence-electron chi connectivity index (χ3n) is 2.94. The predicted molar refractivity (Wildman–Crippen MR) is 54.5 cm³/mol. The lowest BCUT2D eigenvalue weighted by Gasteiger charge is -2.27. The van der Waals surface area contributed by atoms with Crippen LogP contribution in [0.25, 0.3) is 0 Å². The van der Waals surface area contributed by atoms with Crippen molar-refractivity contribution in [2.45, 2.75) is 31.8 Å². The van der Waals surface area contributed by atoms with Crippen molar-refractivity contribution in [2.24, 2.45) is 5.92 Å². The molecule has 1 fully saturated rings. The zero-order chi connectivity index (χ0) is 11.4. The van der Waals surface area contributed by atoms with E-state index in [2.05, 4.69) is 25.9 Å².